The topological polar surface area (TPSA) is 29.3 Å². The first kappa shape index (κ1) is 11.0. The van der Waals surface area contributed by atoms with Gasteiger partial charge in [0.1, 0.15) is 0 Å². The summed E-state index contributed by atoms with van der Waals surface area (Å²) in [5.74, 6) is 2.35. The molecule has 0 aromatic carbocycles. The van der Waals surface area contributed by atoms with Gasteiger partial charge in [-0.25, -0.2) is 0 Å². The maximum atomic E-state index is 5.73. The molecule has 2 N–H and O–H groups in total. The molecular weight excluding hydrogens is 160 g/mol. The molecule has 0 aromatic heterocycles. The van der Waals surface area contributed by atoms with E-state index in [0.29, 0.717) is 0 Å². The second-order valence-corrected chi connectivity index (χ2v) is 5.05. The number of hydrogen-bond donors (Lipinski definition) is 1. The molecule has 2 heteroatoms. The zero-order valence-corrected chi connectivity index (χ0v) is 9.29. The van der Waals surface area contributed by atoms with Gasteiger partial charge in [-0.2, -0.15) is 0 Å². The highest BCUT2D eigenvalue weighted by molar-refractivity contribution is 4.77. The van der Waals surface area contributed by atoms with Crippen molar-refractivity contribution in [2.75, 3.05) is 26.2 Å². The fourth-order valence-electron chi connectivity index (χ4n) is 2.43. The molecule has 1 saturated heterocycles. The van der Waals surface area contributed by atoms with Crippen molar-refractivity contribution in [1.82, 2.24) is 4.90 Å². The third-order valence-electron chi connectivity index (χ3n) is 2.78. The van der Waals surface area contributed by atoms with Crippen LogP contribution in [0.3, 0.4) is 0 Å². The molecule has 13 heavy (non-hydrogen) atoms. The molecule has 78 valence electrons. The summed E-state index contributed by atoms with van der Waals surface area (Å²) in [6.45, 7) is 11.5. The number of piperidine rings is 1. The zero-order chi connectivity index (χ0) is 9.84. The first-order chi connectivity index (χ1) is 6.11. The molecule has 0 bridgehead atoms. The van der Waals surface area contributed by atoms with Gasteiger partial charge in [-0.15, -0.1) is 0 Å². The Bertz CT molecular complexity index is 143. The van der Waals surface area contributed by atoms with Crippen molar-refractivity contribution in [1.29, 1.82) is 0 Å². The summed E-state index contributed by atoms with van der Waals surface area (Å²) in [5.41, 5.74) is 5.73. The van der Waals surface area contributed by atoms with E-state index in [2.05, 4.69) is 25.7 Å². The molecule has 2 nitrogen and oxygen atoms in total. The lowest BCUT2D eigenvalue weighted by molar-refractivity contribution is 0.123. The van der Waals surface area contributed by atoms with E-state index in [-0.39, 0.29) is 0 Å². The van der Waals surface area contributed by atoms with Crippen molar-refractivity contribution >= 4 is 0 Å². The van der Waals surface area contributed by atoms with Gasteiger partial charge in [0, 0.05) is 19.6 Å². The minimum Gasteiger partial charge on any atom is -0.330 e. The van der Waals surface area contributed by atoms with Gasteiger partial charge in [0.15, 0.2) is 0 Å². The largest absolute Gasteiger partial charge is 0.330 e. The minimum atomic E-state index is 0.738. The Kier molecular flexibility index (Phi) is 4.20. The smallest absolute Gasteiger partial charge is 0.00220 e. The first-order valence-corrected chi connectivity index (χ1v) is 5.54. The Morgan fingerprint density at radius 3 is 2.62 bits per heavy atom. The number of likely N-dealkylation sites (tertiary alicyclic amines) is 1. The number of hydrogen-bond acceptors (Lipinski definition) is 2. The molecule has 2 atom stereocenters. The van der Waals surface area contributed by atoms with Gasteiger partial charge in [0.25, 0.3) is 0 Å². The van der Waals surface area contributed by atoms with Crippen molar-refractivity contribution in [3.8, 4) is 0 Å². The van der Waals surface area contributed by atoms with E-state index >= 15 is 0 Å². The molecule has 1 fully saturated rings. The third-order valence-corrected chi connectivity index (χ3v) is 2.78. The van der Waals surface area contributed by atoms with E-state index < -0.39 is 0 Å². The van der Waals surface area contributed by atoms with Crippen LogP contribution >= 0.6 is 0 Å². The molecule has 0 saturated carbocycles. The van der Waals surface area contributed by atoms with Crippen LogP contribution < -0.4 is 5.73 Å². The Morgan fingerprint density at radius 2 is 2.08 bits per heavy atom. The summed E-state index contributed by atoms with van der Waals surface area (Å²) in [5, 5.41) is 0. The van der Waals surface area contributed by atoms with E-state index in [9.17, 15) is 0 Å². The van der Waals surface area contributed by atoms with E-state index in [1.807, 2.05) is 0 Å². The van der Waals surface area contributed by atoms with Gasteiger partial charge in [-0.1, -0.05) is 20.8 Å². The summed E-state index contributed by atoms with van der Waals surface area (Å²) in [6.07, 6.45) is 1.32. The van der Waals surface area contributed by atoms with Crippen molar-refractivity contribution in [3.05, 3.63) is 0 Å². The molecule has 0 spiro atoms. The van der Waals surface area contributed by atoms with Crippen LogP contribution in [0.5, 0.6) is 0 Å². The number of nitrogens with two attached hydrogens (primary N) is 1. The fourth-order valence-corrected chi connectivity index (χ4v) is 2.43. The van der Waals surface area contributed by atoms with Crippen molar-refractivity contribution in [2.24, 2.45) is 23.5 Å². The van der Waals surface area contributed by atoms with Gasteiger partial charge in [0.05, 0.1) is 0 Å². The van der Waals surface area contributed by atoms with Gasteiger partial charge >= 0.3 is 0 Å². The molecule has 0 aromatic rings. The number of nitrogens with zero attached hydrogens (tertiary/aromatic N) is 1. The summed E-state index contributed by atoms with van der Waals surface area (Å²) < 4.78 is 0. The molecule has 1 aliphatic heterocycles. The average Bonchev–Trinajstić information content (AvgIpc) is 2.01. The second kappa shape index (κ2) is 4.97. The quantitative estimate of drug-likeness (QED) is 0.721. The summed E-state index contributed by atoms with van der Waals surface area (Å²) in [7, 11) is 0. The molecule has 0 radical (unpaired) electrons. The Balaban J connectivity index is 2.37. The molecular formula is C11H24N2. The van der Waals surface area contributed by atoms with Crippen LogP contribution in [-0.4, -0.2) is 31.1 Å². The second-order valence-electron chi connectivity index (χ2n) is 5.05. The predicted octanol–water partition coefficient (Wildman–Crippen LogP) is 1.56. The predicted molar refractivity (Wildman–Crippen MR) is 57.6 cm³/mol. The Labute approximate surface area is 82.5 Å². The van der Waals surface area contributed by atoms with Gasteiger partial charge in [0.2, 0.25) is 0 Å². The lowest BCUT2D eigenvalue weighted by atomic mass is 9.90. The Hall–Kier alpha value is -0.0800. The van der Waals surface area contributed by atoms with Crippen LogP contribution in [0.2, 0.25) is 0 Å². The normalized spacial score (nSPS) is 31.2. The molecule has 0 aliphatic carbocycles. The van der Waals surface area contributed by atoms with Crippen LogP contribution in [0.25, 0.3) is 0 Å². The SMILES string of the molecule is CC(C)CN1CC(C)CC(CN)C1. The summed E-state index contributed by atoms with van der Waals surface area (Å²) >= 11 is 0. The summed E-state index contributed by atoms with van der Waals surface area (Å²) in [4.78, 5) is 2.58. The van der Waals surface area contributed by atoms with Crippen LogP contribution in [0.15, 0.2) is 0 Å². The minimum absolute atomic E-state index is 0.738. The van der Waals surface area contributed by atoms with E-state index in [4.69, 9.17) is 5.73 Å². The van der Waals surface area contributed by atoms with E-state index in [1.54, 1.807) is 0 Å². The average molecular weight is 184 g/mol. The zero-order valence-electron chi connectivity index (χ0n) is 9.29. The van der Waals surface area contributed by atoms with Crippen molar-refractivity contribution in [3.63, 3.8) is 0 Å². The van der Waals surface area contributed by atoms with E-state index in [1.165, 1.54) is 26.1 Å². The standard InChI is InChI=1S/C11H24N2/c1-9(2)6-13-7-10(3)4-11(5-12)8-13/h9-11H,4-8,12H2,1-3H3. The van der Waals surface area contributed by atoms with E-state index in [0.717, 1.165) is 24.3 Å². The highest BCUT2D eigenvalue weighted by Gasteiger charge is 2.23. The Morgan fingerprint density at radius 1 is 1.38 bits per heavy atom. The van der Waals surface area contributed by atoms with Gasteiger partial charge in [-0.3, -0.25) is 0 Å². The third kappa shape index (κ3) is 3.65. The van der Waals surface area contributed by atoms with Gasteiger partial charge in [-0.05, 0) is 30.7 Å². The maximum absolute atomic E-state index is 5.73. The highest BCUT2D eigenvalue weighted by atomic mass is 15.1. The first-order valence-electron chi connectivity index (χ1n) is 5.54. The molecule has 2 unspecified atom stereocenters. The maximum Gasteiger partial charge on any atom is 0.00220 e. The van der Waals surface area contributed by atoms with Crippen LogP contribution in [0.4, 0.5) is 0 Å². The van der Waals surface area contributed by atoms with Gasteiger partial charge < -0.3 is 10.6 Å². The molecule has 1 heterocycles. The van der Waals surface area contributed by atoms with Crippen LogP contribution in [0, 0.1) is 17.8 Å². The molecule has 0 amide bonds. The molecule has 1 aliphatic rings. The van der Waals surface area contributed by atoms with Crippen LogP contribution in [-0.2, 0) is 0 Å². The molecule has 1 rings (SSSR count). The lowest BCUT2D eigenvalue weighted by Crippen LogP contribution is -2.43. The van der Waals surface area contributed by atoms with Crippen LogP contribution in [0.1, 0.15) is 27.2 Å². The summed E-state index contributed by atoms with van der Waals surface area (Å²) in [6, 6.07) is 0. The lowest BCUT2D eigenvalue weighted by Gasteiger charge is -2.36. The highest BCUT2D eigenvalue weighted by Crippen LogP contribution is 2.21. The van der Waals surface area contributed by atoms with Crippen molar-refractivity contribution in [2.45, 2.75) is 27.2 Å². The number of rotatable bonds is 3. The fraction of sp³-hybridized carbons (Fsp3) is 1.00. The monoisotopic (exact) mass is 184 g/mol. The van der Waals surface area contributed by atoms with Crippen molar-refractivity contribution < 1.29 is 0 Å².